The Morgan fingerprint density at radius 1 is 0.929 bits per heavy atom. The third-order valence-corrected chi connectivity index (χ3v) is 3.89. The second kappa shape index (κ2) is 11.6. The Morgan fingerprint density at radius 3 is 2.07 bits per heavy atom. The van der Waals surface area contributed by atoms with Gasteiger partial charge in [0.05, 0.1) is 7.11 Å². The van der Waals surface area contributed by atoms with Gasteiger partial charge < -0.3 is 20.1 Å². The van der Waals surface area contributed by atoms with E-state index in [2.05, 4.69) is 22.8 Å². The van der Waals surface area contributed by atoms with Gasteiger partial charge in [-0.2, -0.15) is 0 Å². The average Bonchev–Trinajstić information content (AvgIpc) is 2.63. The molecule has 28 heavy (non-hydrogen) atoms. The number of rotatable bonds is 9. The van der Waals surface area contributed by atoms with Crippen molar-refractivity contribution in [1.29, 1.82) is 0 Å². The number of benzene rings is 2. The minimum atomic E-state index is -0.248. The van der Waals surface area contributed by atoms with Gasteiger partial charge in [-0.3, -0.25) is 4.79 Å². The molecule has 154 valence electrons. The fraction of sp³-hybridized carbons (Fsp3) is 0.409. The standard InChI is InChI=1S/C22H30N2O3.ClH/c1-22(2,3)24-21(25)16-27-20-11-7-18(8-12-20)15-23-14-13-17-5-9-19(26-4)10-6-17;/h5-12,23H,13-16H2,1-4H3,(H,24,25);1H. The Balaban J connectivity index is 0.00000392. The van der Waals surface area contributed by atoms with Gasteiger partial charge in [0.15, 0.2) is 6.61 Å². The molecule has 5 nitrogen and oxygen atoms in total. The maximum absolute atomic E-state index is 11.8. The monoisotopic (exact) mass is 406 g/mol. The van der Waals surface area contributed by atoms with E-state index in [9.17, 15) is 4.79 Å². The summed E-state index contributed by atoms with van der Waals surface area (Å²) in [5, 5.41) is 6.31. The van der Waals surface area contributed by atoms with Crippen LogP contribution < -0.4 is 20.1 Å². The van der Waals surface area contributed by atoms with Gasteiger partial charge in [-0.25, -0.2) is 0 Å². The van der Waals surface area contributed by atoms with Crippen LogP contribution in [0.15, 0.2) is 48.5 Å². The minimum Gasteiger partial charge on any atom is -0.497 e. The van der Waals surface area contributed by atoms with Gasteiger partial charge in [-0.1, -0.05) is 24.3 Å². The zero-order valence-electron chi connectivity index (χ0n) is 17.1. The molecular formula is C22H31ClN2O3. The van der Waals surface area contributed by atoms with Crippen LogP contribution in [-0.2, 0) is 17.8 Å². The van der Waals surface area contributed by atoms with Crippen molar-refractivity contribution in [1.82, 2.24) is 10.6 Å². The molecule has 0 unspecified atom stereocenters. The lowest BCUT2D eigenvalue weighted by Gasteiger charge is -2.20. The largest absolute Gasteiger partial charge is 0.497 e. The van der Waals surface area contributed by atoms with Gasteiger partial charge in [-0.15, -0.1) is 12.4 Å². The van der Waals surface area contributed by atoms with Gasteiger partial charge in [-0.05, 0) is 69.1 Å². The molecule has 0 saturated carbocycles. The van der Waals surface area contributed by atoms with Crippen LogP contribution in [0, 0.1) is 0 Å². The zero-order valence-corrected chi connectivity index (χ0v) is 17.9. The quantitative estimate of drug-likeness (QED) is 0.623. The van der Waals surface area contributed by atoms with E-state index >= 15 is 0 Å². The van der Waals surface area contributed by atoms with Crippen LogP contribution in [-0.4, -0.2) is 31.7 Å². The second-order valence-electron chi connectivity index (χ2n) is 7.51. The summed E-state index contributed by atoms with van der Waals surface area (Å²) in [6.45, 7) is 7.55. The second-order valence-corrected chi connectivity index (χ2v) is 7.51. The fourth-order valence-electron chi connectivity index (χ4n) is 2.56. The smallest absolute Gasteiger partial charge is 0.258 e. The van der Waals surface area contributed by atoms with Crippen molar-refractivity contribution in [3.05, 3.63) is 59.7 Å². The number of carbonyl (C=O) groups is 1. The predicted molar refractivity (Wildman–Crippen MR) is 115 cm³/mol. The van der Waals surface area contributed by atoms with Crippen molar-refractivity contribution in [3.63, 3.8) is 0 Å². The topological polar surface area (TPSA) is 59.6 Å². The fourth-order valence-corrected chi connectivity index (χ4v) is 2.56. The van der Waals surface area contributed by atoms with E-state index in [-0.39, 0.29) is 30.5 Å². The molecule has 0 aliphatic rings. The summed E-state index contributed by atoms with van der Waals surface area (Å²) in [6.07, 6.45) is 0.966. The van der Waals surface area contributed by atoms with Crippen molar-refractivity contribution in [2.24, 2.45) is 0 Å². The third kappa shape index (κ3) is 9.11. The summed E-state index contributed by atoms with van der Waals surface area (Å²) in [7, 11) is 1.67. The molecule has 0 radical (unpaired) electrons. The van der Waals surface area contributed by atoms with Crippen LogP contribution in [0.3, 0.4) is 0 Å². The van der Waals surface area contributed by atoms with Crippen molar-refractivity contribution in [3.8, 4) is 11.5 Å². The Morgan fingerprint density at radius 2 is 1.50 bits per heavy atom. The molecule has 0 spiro atoms. The van der Waals surface area contributed by atoms with E-state index in [4.69, 9.17) is 9.47 Å². The van der Waals surface area contributed by atoms with Crippen LogP contribution in [0.1, 0.15) is 31.9 Å². The van der Waals surface area contributed by atoms with Crippen LogP contribution in [0.25, 0.3) is 0 Å². The van der Waals surface area contributed by atoms with Gasteiger partial charge in [0.1, 0.15) is 11.5 Å². The van der Waals surface area contributed by atoms with Crippen molar-refractivity contribution >= 4 is 18.3 Å². The number of halogens is 1. The van der Waals surface area contributed by atoms with Gasteiger partial charge in [0, 0.05) is 12.1 Å². The summed E-state index contributed by atoms with van der Waals surface area (Å²) in [5.74, 6) is 1.46. The molecule has 0 aliphatic carbocycles. The zero-order chi connectivity index (χ0) is 19.7. The molecule has 0 fully saturated rings. The Hall–Kier alpha value is -2.24. The lowest BCUT2D eigenvalue weighted by Crippen LogP contribution is -2.43. The molecule has 2 N–H and O–H groups in total. The first kappa shape index (κ1) is 23.8. The highest BCUT2D eigenvalue weighted by Crippen LogP contribution is 2.13. The van der Waals surface area contributed by atoms with Crippen LogP contribution in [0.5, 0.6) is 11.5 Å². The molecule has 2 aromatic carbocycles. The first-order valence-corrected chi connectivity index (χ1v) is 9.22. The molecule has 0 aliphatic heterocycles. The number of hydrogen-bond donors (Lipinski definition) is 2. The van der Waals surface area contributed by atoms with E-state index in [0.717, 1.165) is 25.3 Å². The molecule has 0 aromatic heterocycles. The number of nitrogens with one attached hydrogen (secondary N) is 2. The summed E-state index contributed by atoms with van der Waals surface area (Å²) in [4.78, 5) is 11.8. The van der Waals surface area contributed by atoms with Gasteiger partial charge in [0.25, 0.3) is 5.91 Å². The molecule has 2 rings (SSSR count). The van der Waals surface area contributed by atoms with Gasteiger partial charge >= 0.3 is 0 Å². The highest BCUT2D eigenvalue weighted by atomic mass is 35.5. The summed E-state index contributed by atoms with van der Waals surface area (Å²) in [6, 6.07) is 15.9. The molecule has 0 bridgehead atoms. The molecule has 0 saturated heterocycles. The van der Waals surface area contributed by atoms with E-state index < -0.39 is 0 Å². The highest BCUT2D eigenvalue weighted by Gasteiger charge is 2.13. The van der Waals surface area contributed by atoms with E-state index in [1.807, 2.05) is 57.2 Å². The van der Waals surface area contributed by atoms with Crippen molar-refractivity contribution in [2.75, 3.05) is 20.3 Å². The lowest BCUT2D eigenvalue weighted by atomic mass is 10.1. The molecular weight excluding hydrogens is 376 g/mol. The van der Waals surface area contributed by atoms with Gasteiger partial charge in [0.2, 0.25) is 0 Å². The minimum absolute atomic E-state index is 0. The molecule has 0 heterocycles. The normalized spacial score (nSPS) is 10.7. The van der Waals surface area contributed by atoms with Crippen LogP contribution in [0.4, 0.5) is 0 Å². The summed E-state index contributed by atoms with van der Waals surface area (Å²) < 4.78 is 10.7. The van der Waals surface area contributed by atoms with E-state index in [0.29, 0.717) is 5.75 Å². The molecule has 6 heteroatoms. The number of amides is 1. The SMILES string of the molecule is COc1ccc(CCNCc2ccc(OCC(=O)NC(C)(C)C)cc2)cc1.Cl. The highest BCUT2D eigenvalue weighted by molar-refractivity contribution is 5.85. The Bertz CT molecular complexity index is 710. The van der Waals surface area contributed by atoms with E-state index in [1.165, 1.54) is 11.1 Å². The maximum atomic E-state index is 11.8. The Kier molecular flexibility index (Phi) is 9.83. The average molecular weight is 407 g/mol. The molecule has 0 atom stereocenters. The van der Waals surface area contributed by atoms with Crippen LogP contribution in [0.2, 0.25) is 0 Å². The van der Waals surface area contributed by atoms with E-state index in [1.54, 1.807) is 7.11 Å². The maximum Gasteiger partial charge on any atom is 0.258 e. The van der Waals surface area contributed by atoms with Crippen LogP contribution >= 0.6 is 12.4 Å². The lowest BCUT2D eigenvalue weighted by molar-refractivity contribution is -0.124. The molecule has 1 amide bonds. The number of carbonyl (C=O) groups excluding carboxylic acids is 1. The summed E-state index contributed by atoms with van der Waals surface area (Å²) in [5.41, 5.74) is 2.21. The predicted octanol–water partition coefficient (Wildman–Crippen LogP) is 3.74. The first-order valence-electron chi connectivity index (χ1n) is 9.22. The third-order valence-electron chi connectivity index (χ3n) is 3.89. The first-order chi connectivity index (χ1) is 12.9. The number of hydrogen-bond acceptors (Lipinski definition) is 4. The molecule has 2 aromatic rings. The summed E-state index contributed by atoms with van der Waals surface area (Å²) >= 11 is 0. The van der Waals surface area contributed by atoms with Crippen molar-refractivity contribution in [2.45, 2.75) is 39.3 Å². The number of ether oxygens (including phenoxy) is 2. The number of methoxy groups -OCH3 is 1. The van der Waals surface area contributed by atoms with Crippen molar-refractivity contribution < 1.29 is 14.3 Å². The Labute approximate surface area is 174 Å².